The number of hydrogen-bond acceptors (Lipinski definition) is 5. The Morgan fingerprint density at radius 1 is 1.33 bits per heavy atom. The molecule has 1 aliphatic rings. The van der Waals surface area contributed by atoms with E-state index in [0.717, 1.165) is 53.6 Å². The summed E-state index contributed by atoms with van der Waals surface area (Å²) in [6.07, 6.45) is 1.89. The van der Waals surface area contributed by atoms with Crippen LogP contribution in [0.15, 0.2) is 29.2 Å². The van der Waals surface area contributed by atoms with Gasteiger partial charge in [0.05, 0.1) is 5.56 Å². The predicted octanol–water partition coefficient (Wildman–Crippen LogP) is 3.98. The van der Waals surface area contributed by atoms with Gasteiger partial charge < -0.3 is 11.1 Å². The fourth-order valence-corrected chi connectivity index (χ4v) is 5.39. The summed E-state index contributed by atoms with van der Waals surface area (Å²) in [6.45, 7) is 7.00. The summed E-state index contributed by atoms with van der Waals surface area (Å²) in [5, 5.41) is 3.51. The topological polar surface area (TPSA) is 75.4 Å². The molecule has 0 spiro atoms. The summed E-state index contributed by atoms with van der Waals surface area (Å²) < 4.78 is 0. The van der Waals surface area contributed by atoms with Crippen LogP contribution in [-0.2, 0) is 13.0 Å². The smallest absolute Gasteiger partial charge is 0.256 e. The number of benzene rings is 1. The molecule has 1 aromatic heterocycles. The minimum Gasteiger partial charge on any atom is -0.365 e. The lowest BCUT2D eigenvalue weighted by molar-refractivity contribution is 0.1000. The van der Waals surface area contributed by atoms with E-state index in [1.807, 2.05) is 18.2 Å². The molecule has 3 rings (SSSR count). The van der Waals surface area contributed by atoms with Crippen molar-refractivity contribution in [3.63, 3.8) is 0 Å². The van der Waals surface area contributed by atoms with Crippen molar-refractivity contribution in [2.75, 3.05) is 24.2 Å². The van der Waals surface area contributed by atoms with Gasteiger partial charge in [0.1, 0.15) is 5.00 Å². The molecule has 0 radical (unpaired) electrons. The number of amides is 2. The number of thioether (sulfide) groups is 1. The Hall–Kier alpha value is -1.83. The lowest BCUT2D eigenvalue weighted by atomic mass is 10.0. The zero-order valence-corrected chi connectivity index (χ0v) is 17.3. The molecule has 144 valence electrons. The van der Waals surface area contributed by atoms with Gasteiger partial charge in [-0.2, -0.15) is 0 Å². The van der Waals surface area contributed by atoms with Gasteiger partial charge in [-0.15, -0.1) is 23.1 Å². The molecule has 1 aliphatic heterocycles. The number of anilines is 1. The van der Waals surface area contributed by atoms with Gasteiger partial charge in [0, 0.05) is 28.4 Å². The third-order valence-electron chi connectivity index (χ3n) is 4.56. The highest BCUT2D eigenvalue weighted by Crippen LogP contribution is 2.37. The van der Waals surface area contributed by atoms with Crippen molar-refractivity contribution in [3.8, 4) is 0 Å². The fraction of sp³-hybridized carbons (Fsp3) is 0.400. The zero-order valence-electron chi connectivity index (χ0n) is 15.7. The van der Waals surface area contributed by atoms with Crippen molar-refractivity contribution in [1.82, 2.24) is 4.90 Å². The monoisotopic (exact) mass is 403 g/mol. The van der Waals surface area contributed by atoms with Gasteiger partial charge in [-0.25, -0.2) is 0 Å². The van der Waals surface area contributed by atoms with Crippen LogP contribution in [0, 0.1) is 0 Å². The molecule has 5 nitrogen and oxygen atoms in total. The lowest BCUT2D eigenvalue weighted by Gasteiger charge is -2.26. The lowest BCUT2D eigenvalue weighted by Crippen LogP contribution is -2.31. The average molecular weight is 404 g/mol. The number of hydrogen-bond donors (Lipinski definition) is 2. The van der Waals surface area contributed by atoms with Crippen LogP contribution in [0.4, 0.5) is 5.00 Å². The van der Waals surface area contributed by atoms with E-state index in [0.29, 0.717) is 16.1 Å². The molecular formula is C20H25N3O2S2. The molecular weight excluding hydrogens is 378 g/mol. The molecule has 2 aromatic rings. The van der Waals surface area contributed by atoms with E-state index in [9.17, 15) is 9.59 Å². The molecule has 0 saturated carbocycles. The Balaban J connectivity index is 1.85. The van der Waals surface area contributed by atoms with Gasteiger partial charge in [0.2, 0.25) is 0 Å². The highest BCUT2D eigenvalue weighted by molar-refractivity contribution is 7.99. The first-order valence-corrected chi connectivity index (χ1v) is 11.0. The summed E-state index contributed by atoms with van der Waals surface area (Å²) in [4.78, 5) is 29.4. The molecule has 0 fully saturated rings. The van der Waals surface area contributed by atoms with Crippen LogP contribution in [0.2, 0.25) is 0 Å². The van der Waals surface area contributed by atoms with E-state index in [-0.39, 0.29) is 5.91 Å². The van der Waals surface area contributed by atoms with Crippen molar-refractivity contribution in [2.45, 2.75) is 38.1 Å². The van der Waals surface area contributed by atoms with Crippen LogP contribution >= 0.6 is 23.1 Å². The second kappa shape index (κ2) is 8.91. The molecule has 1 aromatic carbocycles. The number of thiophene rings is 1. The van der Waals surface area contributed by atoms with Crippen LogP contribution in [0.5, 0.6) is 0 Å². The largest absolute Gasteiger partial charge is 0.365 e. The normalized spacial score (nSPS) is 14.0. The fourth-order valence-electron chi connectivity index (χ4n) is 3.38. The van der Waals surface area contributed by atoms with E-state index in [1.165, 1.54) is 11.3 Å². The van der Waals surface area contributed by atoms with Gasteiger partial charge >= 0.3 is 0 Å². The number of nitrogens with zero attached hydrogens (tertiary/aromatic N) is 1. The average Bonchev–Trinajstić information content (AvgIpc) is 2.99. The molecule has 0 unspecified atom stereocenters. The second-order valence-electron chi connectivity index (χ2n) is 6.51. The van der Waals surface area contributed by atoms with Crippen molar-refractivity contribution in [2.24, 2.45) is 5.73 Å². The van der Waals surface area contributed by atoms with E-state index in [4.69, 9.17) is 5.73 Å². The number of carbonyl (C=O) groups is 2. The number of rotatable bonds is 7. The van der Waals surface area contributed by atoms with Crippen LogP contribution in [0.3, 0.4) is 0 Å². The van der Waals surface area contributed by atoms with Crippen molar-refractivity contribution in [1.29, 1.82) is 0 Å². The number of carbonyl (C=O) groups excluding carboxylic acids is 2. The maximum atomic E-state index is 12.7. The van der Waals surface area contributed by atoms with Gasteiger partial charge in [-0.1, -0.05) is 19.9 Å². The van der Waals surface area contributed by atoms with Crippen molar-refractivity contribution < 1.29 is 9.59 Å². The molecule has 7 heteroatoms. The molecule has 3 N–H and O–H groups in total. The Bertz CT molecular complexity index is 848. The molecule has 0 saturated heterocycles. The van der Waals surface area contributed by atoms with E-state index in [2.05, 4.69) is 24.1 Å². The first-order chi connectivity index (χ1) is 13.0. The standard InChI is InChI=1S/C20H25N3O2S2/c1-3-9-23-10-8-15-16(12-23)27-20(17(15)18(21)24)22-19(25)13-6-5-7-14(11-13)26-4-2/h5-7,11H,3-4,8-10,12H2,1-2H3,(H2,21,24)(H,22,25). The number of nitrogens with two attached hydrogens (primary N) is 1. The molecule has 2 amide bonds. The van der Waals surface area contributed by atoms with E-state index >= 15 is 0 Å². The van der Waals surface area contributed by atoms with Crippen molar-refractivity contribution >= 4 is 39.9 Å². The number of nitrogens with one attached hydrogen (secondary N) is 1. The van der Waals surface area contributed by atoms with Gasteiger partial charge in [-0.05, 0) is 48.9 Å². The van der Waals surface area contributed by atoms with Gasteiger partial charge in [0.25, 0.3) is 11.8 Å². The van der Waals surface area contributed by atoms with Gasteiger partial charge in [-0.3, -0.25) is 14.5 Å². The Labute approximate surface area is 168 Å². The minimum absolute atomic E-state index is 0.208. The van der Waals surface area contributed by atoms with Crippen LogP contribution in [0.1, 0.15) is 51.4 Å². The molecule has 0 aliphatic carbocycles. The minimum atomic E-state index is -0.470. The molecule has 0 atom stereocenters. The summed E-state index contributed by atoms with van der Waals surface area (Å²) >= 11 is 3.17. The Morgan fingerprint density at radius 2 is 2.15 bits per heavy atom. The maximum absolute atomic E-state index is 12.7. The Morgan fingerprint density at radius 3 is 2.85 bits per heavy atom. The summed E-state index contributed by atoms with van der Waals surface area (Å²) in [7, 11) is 0. The highest BCUT2D eigenvalue weighted by atomic mass is 32.2. The van der Waals surface area contributed by atoms with Crippen LogP contribution in [-0.4, -0.2) is 35.6 Å². The molecule has 0 bridgehead atoms. The van der Waals surface area contributed by atoms with Crippen LogP contribution in [0.25, 0.3) is 0 Å². The first kappa shape index (κ1) is 19.9. The van der Waals surface area contributed by atoms with Crippen molar-refractivity contribution in [3.05, 3.63) is 45.8 Å². The number of primary amides is 1. The predicted molar refractivity (Wildman–Crippen MR) is 113 cm³/mol. The Kier molecular flexibility index (Phi) is 6.57. The SMILES string of the molecule is CCCN1CCc2c(sc(NC(=O)c3cccc(SCC)c3)c2C(N)=O)C1. The highest BCUT2D eigenvalue weighted by Gasteiger charge is 2.27. The maximum Gasteiger partial charge on any atom is 0.256 e. The van der Waals surface area contributed by atoms with Crippen LogP contribution < -0.4 is 11.1 Å². The quantitative estimate of drug-likeness (QED) is 0.686. The summed E-state index contributed by atoms with van der Waals surface area (Å²) in [6, 6.07) is 7.54. The zero-order chi connectivity index (χ0) is 19.4. The first-order valence-electron chi connectivity index (χ1n) is 9.24. The van der Waals surface area contributed by atoms with E-state index in [1.54, 1.807) is 17.8 Å². The molecule has 27 heavy (non-hydrogen) atoms. The van der Waals surface area contributed by atoms with E-state index < -0.39 is 5.91 Å². The number of fused-ring (bicyclic) bond motifs is 1. The van der Waals surface area contributed by atoms with Gasteiger partial charge in [0.15, 0.2) is 0 Å². The third kappa shape index (κ3) is 4.54. The summed E-state index contributed by atoms with van der Waals surface area (Å²) in [5.74, 6) is 0.269. The second-order valence-corrected chi connectivity index (χ2v) is 8.96. The third-order valence-corrected chi connectivity index (χ3v) is 6.56. The molecule has 2 heterocycles. The summed E-state index contributed by atoms with van der Waals surface area (Å²) in [5.41, 5.74) is 7.73.